The highest BCUT2D eigenvalue weighted by Gasteiger charge is 2.50. The highest BCUT2D eigenvalue weighted by atomic mass is 16.5. The second kappa shape index (κ2) is 12.6. The van der Waals surface area contributed by atoms with Gasteiger partial charge in [0.2, 0.25) is 0 Å². The number of urea groups is 1. The Bertz CT molecular complexity index is 1330. The van der Waals surface area contributed by atoms with Gasteiger partial charge in [0.05, 0.1) is 13.7 Å². The summed E-state index contributed by atoms with van der Waals surface area (Å²) in [4.78, 5) is 20.1. The zero-order chi connectivity index (χ0) is 28.1. The standard InChI is InChI=1S/C33H38N4O3/c1-35(2)28-19-20-37-30(22-36(21-28)33(39)34-27-15-17-29(40-3)18-16-27)32(31(37)23-38)26-13-11-25(12-14-26)10-9-24-7-5-4-6-8-24/h4-8,11-18,28,30-32,38H,19-23H2,1-3H3,(H,34,39)/t28-,30+,31-,32-/m1/s1. The van der Waals surface area contributed by atoms with Gasteiger partial charge < -0.3 is 25.0 Å². The van der Waals surface area contributed by atoms with Crippen LogP contribution in [0.3, 0.4) is 0 Å². The molecule has 2 fully saturated rings. The van der Waals surface area contributed by atoms with E-state index in [1.165, 1.54) is 5.56 Å². The Morgan fingerprint density at radius 1 is 0.975 bits per heavy atom. The van der Waals surface area contributed by atoms with E-state index in [-0.39, 0.29) is 36.7 Å². The molecule has 5 rings (SSSR count). The van der Waals surface area contributed by atoms with Crippen molar-refractivity contribution in [1.82, 2.24) is 14.7 Å². The summed E-state index contributed by atoms with van der Waals surface area (Å²) in [5.41, 5.74) is 3.85. The van der Waals surface area contributed by atoms with Crippen molar-refractivity contribution in [3.8, 4) is 17.6 Å². The van der Waals surface area contributed by atoms with Crippen LogP contribution in [0.25, 0.3) is 0 Å². The summed E-state index contributed by atoms with van der Waals surface area (Å²) in [6.07, 6.45) is 0.924. The molecular formula is C33H38N4O3. The van der Waals surface area contributed by atoms with Crippen LogP contribution in [0.5, 0.6) is 5.75 Å². The van der Waals surface area contributed by atoms with E-state index in [4.69, 9.17) is 4.74 Å². The van der Waals surface area contributed by atoms with Gasteiger partial charge in [-0.25, -0.2) is 4.79 Å². The number of amides is 2. The summed E-state index contributed by atoms with van der Waals surface area (Å²) in [5, 5.41) is 13.5. The first-order valence-electron chi connectivity index (χ1n) is 13.9. The number of likely N-dealkylation sites (N-methyl/N-ethyl adjacent to an activating group) is 1. The van der Waals surface area contributed by atoms with Crippen molar-refractivity contribution in [2.75, 3.05) is 52.8 Å². The zero-order valence-electron chi connectivity index (χ0n) is 23.5. The number of hydrogen-bond acceptors (Lipinski definition) is 5. The van der Waals surface area contributed by atoms with Gasteiger partial charge in [0.25, 0.3) is 0 Å². The molecule has 2 aliphatic heterocycles. The van der Waals surface area contributed by atoms with E-state index in [0.717, 1.165) is 35.5 Å². The van der Waals surface area contributed by atoms with Gasteiger partial charge in [0.15, 0.2) is 0 Å². The number of carbonyl (C=O) groups excluding carboxylic acids is 1. The predicted molar refractivity (Wildman–Crippen MR) is 159 cm³/mol. The number of hydrogen-bond donors (Lipinski definition) is 2. The van der Waals surface area contributed by atoms with Crippen molar-refractivity contribution in [3.63, 3.8) is 0 Å². The number of aliphatic hydroxyl groups excluding tert-OH is 1. The third-order valence-electron chi connectivity index (χ3n) is 8.21. The van der Waals surface area contributed by atoms with E-state index in [1.807, 2.05) is 59.5 Å². The van der Waals surface area contributed by atoms with Gasteiger partial charge >= 0.3 is 6.03 Å². The molecule has 4 atom stereocenters. The maximum absolute atomic E-state index is 13.5. The second-order valence-electron chi connectivity index (χ2n) is 10.8. The summed E-state index contributed by atoms with van der Waals surface area (Å²) in [6, 6.07) is 26.0. The fourth-order valence-electron chi connectivity index (χ4n) is 5.89. The van der Waals surface area contributed by atoms with Crippen molar-refractivity contribution in [2.45, 2.75) is 30.5 Å². The molecule has 208 valence electrons. The van der Waals surface area contributed by atoms with Crippen molar-refractivity contribution >= 4 is 11.7 Å². The molecule has 0 radical (unpaired) electrons. The molecule has 3 aromatic rings. The molecule has 0 bridgehead atoms. The lowest BCUT2D eigenvalue weighted by molar-refractivity contribution is -0.0654. The maximum atomic E-state index is 13.5. The minimum absolute atomic E-state index is 0.0265. The normalized spacial score (nSPS) is 22.7. The molecule has 2 heterocycles. The van der Waals surface area contributed by atoms with Gasteiger partial charge in [-0.2, -0.15) is 0 Å². The summed E-state index contributed by atoms with van der Waals surface area (Å²) in [6.45, 7) is 2.21. The number of methoxy groups -OCH3 is 1. The molecule has 2 aliphatic rings. The number of nitrogens with one attached hydrogen (secondary N) is 1. The summed E-state index contributed by atoms with van der Waals surface area (Å²) < 4.78 is 5.25. The average molecular weight is 539 g/mol. The number of ether oxygens (including phenoxy) is 1. The van der Waals surface area contributed by atoms with Gasteiger partial charge in [0, 0.05) is 60.5 Å². The number of aliphatic hydroxyl groups is 1. The lowest BCUT2D eigenvalue weighted by Gasteiger charge is -2.57. The molecule has 3 aromatic carbocycles. The number of nitrogens with zero attached hydrogens (tertiary/aromatic N) is 3. The molecule has 0 unspecified atom stereocenters. The van der Waals surface area contributed by atoms with Crippen LogP contribution < -0.4 is 10.1 Å². The molecule has 7 heteroatoms. The van der Waals surface area contributed by atoms with Crippen LogP contribution in [0.15, 0.2) is 78.9 Å². The van der Waals surface area contributed by atoms with Crippen LogP contribution in [0.2, 0.25) is 0 Å². The van der Waals surface area contributed by atoms with Crippen molar-refractivity contribution in [2.24, 2.45) is 0 Å². The van der Waals surface area contributed by atoms with Gasteiger partial charge in [0.1, 0.15) is 5.75 Å². The largest absolute Gasteiger partial charge is 0.497 e. The van der Waals surface area contributed by atoms with Crippen molar-refractivity contribution < 1.29 is 14.6 Å². The molecule has 0 saturated carbocycles. The van der Waals surface area contributed by atoms with Crippen LogP contribution >= 0.6 is 0 Å². The summed E-state index contributed by atoms with van der Waals surface area (Å²) in [7, 11) is 5.75. The Labute approximate surface area is 237 Å². The molecule has 2 amide bonds. The Morgan fingerprint density at radius 3 is 2.27 bits per heavy atom. The fraction of sp³-hybridized carbons (Fsp3) is 0.364. The molecule has 7 nitrogen and oxygen atoms in total. The highest BCUT2D eigenvalue weighted by Crippen LogP contribution is 2.42. The maximum Gasteiger partial charge on any atom is 0.321 e. The second-order valence-corrected chi connectivity index (χ2v) is 10.8. The lowest BCUT2D eigenvalue weighted by atomic mass is 9.74. The van der Waals surface area contributed by atoms with Gasteiger partial charge in [-0.1, -0.05) is 42.2 Å². The summed E-state index contributed by atoms with van der Waals surface area (Å²) >= 11 is 0. The van der Waals surface area contributed by atoms with Crippen LogP contribution in [-0.2, 0) is 0 Å². The van der Waals surface area contributed by atoms with Crippen LogP contribution in [0.1, 0.15) is 29.0 Å². The van der Waals surface area contributed by atoms with Gasteiger partial charge in [-0.05, 0) is 74.6 Å². The van der Waals surface area contributed by atoms with Crippen LogP contribution in [-0.4, -0.2) is 91.4 Å². The number of anilines is 1. The van der Waals surface area contributed by atoms with Crippen molar-refractivity contribution in [1.29, 1.82) is 0 Å². The first-order chi connectivity index (χ1) is 19.5. The quantitative estimate of drug-likeness (QED) is 0.479. The Kier molecular flexibility index (Phi) is 8.71. The molecule has 0 aliphatic carbocycles. The first kappa shape index (κ1) is 27.7. The van der Waals surface area contributed by atoms with E-state index in [0.29, 0.717) is 13.1 Å². The average Bonchev–Trinajstić information content (AvgIpc) is 2.96. The van der Waals surface area contributed by atoms with Crippen LogP contribution in [0, 0.1) is 11.8 Å². The third-order valence-corrected chi connectivity index (χ3v) is 8.21. The summed E-state index contributed by atoms with van der Waals surface area (Å²) in [5.74, 6) is 7.34. The highest BCUT2D eigenvalue weighted by molar-refractivity contribution is 5.89. The lowest BCUT2D eigenvalue weighted by Crippen LogP contribution is -2.69. The minimum Gasteiger partial charge on any atom is -0.497 e. The predicted octanol–water partition coefficient (Wildman–Crippen LogP) is 4.09. The van der Waals surface area contributed by atoms with Gasteiger partial charge in [-0.3, -0.25) is 4.90 Å². The van der Waals surface area contributed by atoms with E-state index in [9.17, 15) is 9.90 Å². The van der Waals surface area contributed by atoms with E-state index < -0.39 is 0 Å². The van der Waals surface area contributed by atoms with E-state index >= 15 is 0 Å². The number of rotatable bonds is 5. The molecule has 2 N–H and O–H groups in total. The van der Waals surface area contributed by atoms with E-state index in [2.05, 4.69) is 65.3 Å². The molecule has 40 heavy (non-hydrogen) atoms. The number of fused-ring (bicyclic) bond motifs is 1. The third kappa shape index (κ3) is 6.15. The molecular weight excluding hydrogens is 500 g/mol. The molecule has 0 aromatic heterocycles. The fourth-order valence-corrected chi connectivity index (χ4v) is 5.89. The molecule has 2 saturated heterocycles. The number of benzene rings is 3. The smallest absolute Gasteiger partial charge is 0.321 e. The van der Waals surface area contributed by atoms with Crippen molar-refractivity contribution in [3.05, 3.63) is 95.6 Å². The van der Waals surface area contributed by atoms with Crippen LogP contribution in [0.4, 0.5) is 10.5 Å². The minimum atomic E-state index is -0.114. The molecule has 0 spiro atoms. The SMILES string of the molecule is COc1ccc(NC(=O)N2C[C@H](N(C)C)CCN3[C@H](CO)[C@H](c4ccc(C#Cc5ccccc5)cc4)[C@@H]3C2)cc1. The Hall–Kier alpha value is -3.83. The van der Waals surface area contributed by atoms with E-state index in [1.54, 1.807) is 7.11 Å². The Morgan fingerprint density at radius 2 is 1.65 bits per heavy atom. The Balaban J connectivity index is 1.35. The zero-order valence-corrected chi connectivity index (χ0v) is 23.5. The monoisotopic (exact) mass is 538 g/mol. The number of carbonyl (C=O) groups is 1. The first-order valence-corrected chi connectivity index (χ1v) is 13.9. The van der Waals surface area contributed by atoms with Gasteiger partial charge in [-0.15, -0.1) is 0 Å². The topological polar surface area (TPSA) is 68.3 Å².